The third kappa shape index (κ3) is 3.88. The van der Waals surface area contributed by atoms with Crippen molar-refractivity contribution in [1.29, 1.82) is 4.78 Å². The number of rotatable bonds is 4. The first-order chi connectivity index (χ1) is 9.19. The molecule has 8 heteroatoms. The van der Waals surface area contributed by atoms with E-state index in [2.05, 4.69) is 33.9 Å². The van der Waals surface area contributed by atoms with Gasteiger partial charge in [-0.15, -0.1) is 11.3 Å². The van der Waals surface area contributed by atoms with E-state index in [9.17, 15) is 8.60 Å². The predicted molar refractivity (Wildman–Crippen MR) is 93.5 cm³/mol. The Morgan fingerprint density at radius 3 is 2.19 bits per heavy atom. The summed E-state index contributed by atoms with van der Waals surface area (Å²) < 4.78 is 34.2. The first-order valence-corrected chi connectivity index (χ1v) is 12.8. The molecule has 0 aliphatic rings. The van der Waals surface area contributed by atoms with Gasteiger partial charge in [-0.25, -0.2) is 13.4 Å². The Morgan fingerprint density at radius 1 is 1.38 bits per heavy atom. The van der Waals surface area contributed by atoms with E-state index < -0.39 is 22.8 Å². The molecule has 0 bridgehead atoms. The number of nitrogens with zero attached hydrogens (tertiary/aromatic N) is 1. The number of hydrogen-bond donors (Lipinski definition) is 1. The Kier molecular flexibility index (Phi) is 5.38. The van der Waals surface area contributed by atoms with Crippen molar-refractivity contribution in [3.8, 4) is 0 Å². The second-order valence-electron chi connectivity index (χ2n) is 7.10. The van der Waals surface area contributed by atoms with Gasteiger partial charge in [0.05, 0.1) is 8.07 Å². The second kappa shape index (κ2) is 5.92. The molecule has 1 rings (SSSR count). The zero-order chi connectivity index (χ0) is 16.8. The van der Waals surface area contributed by atoms with Crippen LogP contribution >= 0.6 is 22.0 Å². The lowest BCUT2D eigenvalue weighted by Crippen LogP contribution is -2.52. The zero-order valence-corrected chi connectivity index (χ0v) is 17.0. The minimum absolute atomic E-state index is 0.0531. The van der Waals surface area contributed by atoms with Crippen molar-refractivity contribution in [3.63, 3.8) is 0 Å². The predicted octanol–water partition coefficient (Wildman–Crippen LogP) is 4.22. The van der Waals surface area contributed by atoms with Gasteiger partial charge in [-0.05, 0) is 24.3 Å². The van der Waals surface area contributed by atoms with Crippen molar-refractivity contribution in [1.82, 2.24) is 4.90 Å². The molecule has 1 aromatic heterocycles. The lowest BCUT2D eigenvalue weighted by Gasteiger charge is -2.37. The quantitative estimate of drug-likeness (QED) is 0.636. The highest BCUT2D eigenvalue weighted by Gasteiger charge is 2.43. The van der Waals surface area contributed by atoms with Gasteiger partial charge in [0.2, 0.25) is 0 Å². The minimum atomic E-state index is -3.56. The maximum Gasteiger partial charge on any atom is 0.169 e. The molecule has 0 aromatic carbocycles. The molecule has 0 aliphatic carbocycles. The van der Waals surface area contributed by atoms with Gasteiger partial charge in [0, 0.05) is 22.1 Å². The van der Waals surface area contributed by atoms with Crippen LogP contribution in [0.3, 0.4) is 0 Å². The minimum Gasteiger partial charge on any atom is -0.304 e. The van der Waals surface area contributed by atoms with Crippen molar-refractivity contribution in [2.75, 3.05) is 14.1 Å². The van der Waals surface area contributed by atoms with Gasteiger partial charge in [-0.2, -0.15) is 0 Å². The summed E-state index contributed by atoms with van der Waals surface area (Å²) in [7, 11) is 3.72. The third-order valence-electron chi connectivity index (χ3n) is 4.09. The van der Waals surface area contributed by atoms with Crippen LogP contribution in [0.25, 0.3) is 0 Å². The van der Waals surface area contributed by atoms with Crippen LogP contribution < -0.4 is 5.19 Å². The number of thiophene rings is 1. The van der Waals surface area contributed by atoms with E-state index in [0.717, 1.165) is 16.2 Å². The summed E-state index contributed by atoms with van der Waals surface area (Å²) in [6.45, 7) is 11.1. The lowest BCUT2D eigenvalue weighted by atomic mass is 10.2. The Bertz CT molecular complexity index is 633. The average Bonchev–Trinajstić information content (AvgIpc) is 2.52. The largest absolute Gasteiger partial charge is 0.304 e. The van der Waals surface area contributed by atoms with E-state index in [0.29, 0.717) is 11.7 Å². The highest BCUT2D eigenvalue weighted by molar-refractivity contribution is 8.15. The molecule has 1 N–H and O–H groups in total. The molecule has 1 unspecified atom stereocenters. The van der Waals surface area contributed by atoms with Gasteiger partial charge in [-0.1, -0.05) is 33.9 Å². The van der Waals surface area contributed by atoms with Crippen molar-refractivity contribution >= 4 is 44.2 Å². The second-order valence-corrected chi connectivity index (χ2v) is 16.4. The fraction of sp³-hybridized carbons (Fsp3) is 0.692. The molecule has 0 fully saturated rings. The van der Waals surface area contributed by atoms with Gasteiger partial charge in [-0.3, -0.25) is 0 Å². The van der Waals surface area contributed by atoms with Crippen LogP contribution in [0.5, 0.6) is 0 Å². The number of halogens is 2. The van der Waals surface area contributed by atoms with Crippen molar-refractivity contribution in [2.24, 2.45) is 0 Å². The summed E-state index contributed by atoms with van der Waals surface area (Å²) in [5, 5.41) is 0.618. The van der Waals surface area contributed by atoms with Gasteiger partial charge in [0.15, 0.2) is 19.0 Å². The van der Waals surface area contributed by atoms with E-state index in [-0.39, 0.29) is 9.25 Å². The molecule has 21 heavy (non-hydrogen) atoms. The van der Waals surface area contributed by atoms with E-state index in [4.69, 9.17) is 15.5 Å². The highest BCUT2D eigenvalue weighted by Crippen LogP contribution is 2.40. The van der Waals surface area contributed by atoms with E-state index in [1.807, 2.05) is 19.0 Å². The van der Waals surface area contributed by atoms with Crippen molar-refractivity contribution in [3.05, 3.63) is 10.7 Å². The summed E-state index contributed by atoms with van der Waals surface area (Å²) in [5.41, 5.74) is 0. The van der Waals surface area contributed by atoms with Gasteiger partial charge >= 0.3 is 0 Å². The Morgan fingerprint density at radius 2 is 1.86 bits per heavy atom. The summed E-state index contributed by atoms with van der Waals surface area (Å²) in [4.78, 5) is 2.80. The van der Waals surface area contributed by atoms with Crippen LogP contribution in [0.2, 0.25) is 18.1 Å². The van der Waals surface area contributed by atoms with Crippen molar-refractivity contribution < 1.29 is 8.60 Å². The fourth-order valence-corrected chi connectivity index (χ4v) is 7.78. The Labute approximate surface area is 137 Å². The van der Waals surface area contributed by atoms with Gasteiger partial charge < -0.3 is 4.90 Å². The molecule has 0 amide bonds. The van der Waals surface area contributed by atoms with Crippen LogP contribution in [-0.2, 0) is 15.5 Å². The SMILES string of the molecule is CN(C)Cc1sc(S(=N)(=O)Cl)c(F)c1[Si](C)(C)C(C)(C)C. The molecule has 0 saturated carbocycles. The monoisotopic (exact) mass is 370 g/mol. The maximum atomic E-state index is 14.9. The standard InChI is InChI=1S/C13H24ClFN2OS2Si/c1-13(2,3)21(6,7)11-9(8-17(4)5)19-12(10(11)15)20(14,16)18/h16H,8H2,1-7H3. The summed E-state index contributed by atoms with van der Waals surface area (Å²) in [6, 6.07) is 0. The van der Waals surface area contributed by atoms with Crippen LogP contribution in [0.1, 0.15) is 25.6 Å². The van der Waals surface area contributed by atoms with Crippen molar-refractivity contribution in [2.45, 2.75) is 49.7 Å². The molecular weight excluding hydrogens is 347 g/mol. The third-order valence-corrected chi connectivity index (χ3v) is 13.1. The van der Waals surface area contributed by atoms with E-state index in [1.54, 1.807) is 0 Å². The first-order valence-electron chi connectivity index (χ1n) is 6.64. The molecule has 0 aliphatic heterocycles. The number of hydrogen-bond acceptors (Lipinski definition) is 4. The summed E-state index contributed by atoms with van der Waals surface area (Å²) >= 11 is 1.09. The summed E-state index contributed by atoms with van der Waals surface area (Å²) in [6.07, 6.45) is 0. The molecule has 0 spiro atoms. The Balaban J connectivity index is 3.67. The fourth-order valence-electron chi connectivity index (χ4n) is 2.00. The van der Waals surface area contributed by atoms with E-state index >= 15 is 0 Å². The highest BCUT2D eigenvalue weighted by atomic mass is 35.7. The van der Waals surface area contributed by atoms with Gasteiger partial charge in [0.25, 0.3) is 0 Å². The summed E-state index contributed by atoms with van der Waals surface area (Å²) in [5.74, 6) is -0.515. The molecule has 0 saturated heterocycles. The molecule has 1 atom stereocenters. The molecule has 1 aromatic rings. The molecule has 3 nitrogen and oxygen atoms in total. The van der Waals surface area contributed by atoms with Crippen LogP contribution in [0.4, 0.5) is 4.39 Å². The number of nitrogens with one attached hydrogen (secondary N) is 1. The topological polar surface area (TPSA) is 44.2 Å². The van der Waals surface area contributed by atoms with Crippen LogP contribution in [0, 0.1) is 10.6 Å². The van der Waals surface area contributed by atoms with Crippen LogP contribution in [0.15, 0.2) is 4.21 Å². The average molecular weight is 371 g/mol. The molecule has 0 radical (unpaired) electrons. The maximum absolute atomic E-state index is 14.9. The normalized spacial score (nSPS) is 16.3. The lowest BCUT2D eigenvalue weighted by molar-refractivity contribution is 0.407. The Hall–Kier alpha value is 0.0469. The van der Waals surface area contributed by atoms with Gasteiger partial charge in [0.1, 0.15) is 0 Å². The molecular formula is C13H24ClFN2OS2Si. The smallest absolute Gasteiger partial charge is 0.169 e. The van der Waals surface area contributed by atoms with E-state index in [1.165, 1.54) is 0 Å². The first kappa shape index (κ1) is 19.1. The van der Waals surface area contributed by atoms with Crippen LogP contribution in [-0.4, -0.2) is 31.3 Å². The molecule has 1 heterocycles. The zero-order valence-electron chi connectivity index (χ0n) is 13.6. The molecule has 122 valence electrons.